The highest BCUT2D eigenvalue weighted by atomic mass is 15.1. The molecule has 1 N–H and O–H groups in total. The molecule has 2 rings (SSSR count). The molecule has 0 aromatic heterocycles. The minimum Gasteiger partial charge on any atom is -0.315 e. The normalized spacial score (nSPS) is 27.3. The summed E-state index contributed by atoms with van der Waals surface area (Å²) in [7, 11) is 0. The minimum atomic E-state index is 0.974. The Morgan fingerprint density at radius 3 is 2.47 bits per heavy atom. The molecule has 2 aliphatic rings. The van der Waals surface area contributed by atoms with Crippen molar-refractivity contribution < 1.29 is 0 Å². The fourth-order valence-electron chi connectivity index (χ4n) is 3.79. The van der Waals surface area contributed by atoms with Gasteiger partial charge in [-0.05, 0) is 63.6 Å². The predicted molar refractivity (Wildman–Crippen MR) is 83.5 cm³/mol. The van der Waals surface area contributed by atoms with Crippen molar-refractivity contribution in [3.05, 3.63) is 0 Å². The molecule has 0 radical (unpaired) electrons. The van der Waals surface area contributed by atoms with E-state index in [0.717, 1.165) is 11.8 Å². The van der Waals surface area contributed by atoms with Crippen molar-refractivity contribution in [2.24, 2.45) is 11.8 Å². The zero-order chi connectivity index (χ0) is 13.3. The fraction of sp³-hybridized carbons (Fsp3) is 1.00. The van der Waals surface area contributed by atoms with Crippen LogP contribution >= 0.6 is 0 Å². The number of nitrogens with zero attached hydrogens (tertiary/aromatic N) is 1. The van der Waals surface area contributed by atoms with Gasteiger partial charge in [-0.15, -0.1) is 0 Å². The van der Waals surface area contributed by atoms with Crippen LogP contribution in [0, 0.1) is 11.8 Å². The van der Waals surface area contributed by atoms with Crippen LogP contribution in [0.1, 0.15) is 64.7 Å². The molecule has 2 fully saturated rings. The largest absolute Gasteiger partial charge is 0.315 e. The Hall–Kier alpha value is -0.0800. The standard InChI is InChI=1S/C17H34N2/c1-2-16-9-6-12-19(13-10-16)14-11-18-15-17-7-4-3-5-8-17/h16-18H,2-15H2,1H3. The van der Waals surface area contributed by atoms with Crippen molar-refractivity contribution in [1.82, 2.24) is 10.2 Å². The quantitative estimate of drug-likeness (QED) is 0.738. The predicted octanol–water partition coefficient (Wildman–Crippen LogP) is 3.67. The number of hydrogen-bond acceptors (Lipinski definition) is 2. The molecule has 112 valence electrons. The van der Waals surface area contributed by atoms with Crippen LogP contribution in [0.25, 0.3) is 0 Å². The Morgan fingerprint density at radius 1 is 0.895 bits per heavy atom. The van der Waals surface area contributed by atoms with E-state index in [1.165, 1.54) is 90.5 Å². The molecular weight excluding hydrogens is 232 g/mol. The van der Waals surface area contributed by atoms with E-state index in [1.54, 1.807) is 0 Å². The van der Waals surface area contributed by atoms with E-state index in [9.17, 15) is 0 Å². The minimum absolute atomic E-state index is 0.974. The van der Waals surface area contributed by atoms with Crippen LogP contribution in [-0.4, -0.2) is 37.6 Å². The maximum absolute atomic E-state index is 3.71. The second-order valence-corrected chi connectivity index (χ2v) is 6.75. The molecule has 19 heavy (non-hydrogen) atoms. The van der Waals surface area contributed by atoms with Gasteiger partial charge in [-0.2, -0.15) is 0 Å². The zero-order valence-electron chi connectivity index (χ0n) is 13.0. The molecule has 1 saturated heterocycles. The van der Waals surface area contributed by atoms with Gasteiger partial charge in [0, 0.05) is 13.1 Å². The Kier molecular flexibility index (Phi) is 7.23. The van der Waals surface area contributed by atoms with Crippen molar-refractivity contribution in [2.75, 3.05) is 32.7 Å². The van der Waals surface area contributed by atoms with Crippen molar-refractivity contribution in [1.29, 1.82) is 0 Å². The van der Waals surface area contributed by atoms with Crippen LogP contribution in [0.4, 0.5) is 0 Å². The first-order chi connectivity index (χ1) is 9.38. The van der Waals surface area contributed by atoms with Crippen LogP contribution in [0.3, 0.4) is 0 Å². The Balaban J connectivity index is 1.52. The SMILES string of the molecule is CCC1CCCN(CCNCC2CCCCC2)CC1. The molecular formula is C17H34N2. The van der Waals surface area contributed by atoms with Gasteiger partial charge in [0.2, 0.25) is 0 Å². The first-order valence-corrected chi connectivity index (χ1v) is 8.81. The van der Waals surface area contributed by atoms with E-state index >= 15 is 0 Å². The lowest BCUT2D eigenvalue weighted by Crippen LogP contribution is -2.35. The first kappa shape index (κ1) is 15.3. The summed E-state index contributed by atoms with van der Waals surface area (Å²) in [4.78, 5) is 2.68. The van der Waals surface area contributed by atoms with E-state index in [4.69, 9.17) is 0 Å². The van der Waals surface area contributed by atoms with Gasteiger partial charge in [-0.1, -0.05) is 32.6 Å². The fourth-order valence-corrected chi connectivity index (χ4v) is 3.79. The molecule has 0 spiro atoms. The Bertz CT molecular complexity index is 223. The number of rotatable bonds is 6. The van der Waals surface area contributed by atoms with Crippen molar-refractivity contribution >= 4 is 0 Å². The molecule has 1 heterocycles. The summed E-state index contributed by atoms with van der Waals surface area (Å²) < 4.78 is 0. The van der Waals surface area contributed by atoms with Gasteiger partial charge in [0.1, 0.15) is 0 Å². The first-order valence-electron chi connectivity index (χ1n) is 8.81. The molecule has 1 atom stereocenters. The summed E-state index contributed by atoms with van der Waals surface area (Å²) in [6, 6.07) is 0. The summed E-state index contributed by atoms with van der Waals surface area (Å²) in [6.45, 7) is 8.76. The van der Waals surface area contributed by atoms with Crippen LogP contribution in [0.15, 0.2) is 0 Å². The molecule has 1 aliphatic carbocycles. The van der Waals surface area contributed by atoms with Crippen LogP contribution in [-0.2, 0) is 0 Å². The van der Waals surface area contributed by atoms with Gasteiger partial charge in [0.05, 0.1) is 0 Å². The average Bonchev–Trinajstić information content (AvgIpc) is 2.70. The van der Waals surface area contributed by atoms with Gasteiger partial charge < -0.3 is 10.2 Å². The molecule has 0 amide bonds. The molecule has 1 unspecified atom stereocenters. The van der Waals surface area contributed by atoms with E-state index < -0.39 is 0 Å². The van der Waals surface area contributed by atoms with Crippen molar-refractivity contribution in [2.45, 2.75) is 64.7 Å². The lowest BCUT2D eigenvalue weighted by atomic mass is 9.89. The second-order valence-electron chi connectivity index (χ2n) is 6.75. The average molecular weight is 266 g/mol. The number of likely N-dealkylation sites (tertiary alicyclic amines) is 1. The van der Waals surface area contributed by atoms with Gasteiger partial charge in [-0.25, -0.2) is 0 Å². The second kappa shape index (κ2) is 8.97. The third-order valence-corrected chi connectivity index (χ3v) is 5.28. The highest BCUT2D eigenvalue weighted by molar-refractivity contribution is 4.71. The lowest BCUT2D eigenvalue weighted by molar-refractivity contribution is 0.271. The van der Waals surface area contributed by atoms with E-state index in [0.29, 0.717) is 0 Å². The maximum atomic E-state index is 3.71. The summed E-state index contributed by atoms with van der Waals surface area (Å²) in [5.41, 5.74) is 0. The third-order valence-electron chi connectivity index (χ3n) is 5.28. The summed E-state index contributed by atoms with van der Waals surface area (Å²) in [5, 5.41) is 3.71. The number of hydrogen-bond donors (Lipinski definition) is 1. The lowest BCUT2D eigenvalue weighted by Gasteiger charge is -2.24. The van der Waals surface area contributed by atoms with Crippen molar-refractivity contribution in [3.63, 3.8) is 0 Å². The monoisotopic (exact) mass is 266 g/mol. The summed E-state index contributed by atoms with van der Waals surface area (Å²) in [6.07, 6.45) is 13.0. The maximum Gasteiger partial charge on any atom is 0.0107 e. The molecule has 0 bridgehead atoms. The van der Waals surface area contributed by atoms with Gasteiger partial charge in [0.25, 0.3) is 0 Å². The smallest absolute Gasteiger partial charge is 0.0107 e. The molecule has 2 heteroatoms. The van der Waals surface area contributed by atoms with E-state index in [2.05, 4.69) is 17.1 Å². The zero-order valence-corrected chi connectivity index (χ0v) is 13.0. The van der Waals surface area contributed by atoms with Gasteiger partial charge in [0.15, 0.2) is 0 Å². The van der Waals surface area contributed by atoms with Crippen molar-refractivity contribution in [3.8, 4) is 0 Å². The van der Waals surface area contributed by atoms with E-state index in [-0.39, 0.29) is 0 Å². The van der Waals surface area contributed by atoms with E-state index in [1.807, 2.05) is 0 Å². The molecule has 0 aromatic rings. The van der Waals surface area contributed by atoms with Crippen LogP contribution < -0.4 is 5.32 Å². The molecule has 1 aliphatic heterocycles. The highest BCUT2D eigenvalue weighted by Gasteiger charge is 2.16. The summed E-state index contributed by atoms with van der Waals surface area (Å²) in [5.74, 6) is 1.97. The molecule has 1 saturated carbocycles. The molecule has 2 nitrogen and oxygen atoms in total. The third kappa shape index (κ3) is 5.83. The molecule has 0 aromatic carbocycles. The Morgan fingerprint density at radius 2 is 1.68 bits per heavy atom. The topological polar surface area (TPSA) is 15.3 Å². The van der Waals surface area contributed by atoms with Crippen LogP contribution in [0.2, 0.25) is 0 Å². The summed E-state index contributed by atoms with van der Waals surface area (Å²) >= 11 is 0. The van der Waals surface area contributed by atoms with Gasteiger partial charge in [-0.3, -0.25) is 0 Å². The van der Waals surface area contributed by atoms with Crippen LogP contribution in [0.5, 0.6) is 0 Å². The van der Waals surface area contributed by atoms with Gasteiger partial charge >= 0.3 is 0 Å². The Labute approximate surface area is 120 Å². The highest BCUT2D eigenvalue weighted by Crippen LogP contribution is 2.22. The number of nitrogens with one attached hydrogen (secondary N) is 1.